The molecule has 0 aliphatic heterocycles. The van der Waals surface area contributed by atoms with Gasteiger partial charge >= 0.3 is 0 Å². The molecule has 0 atom stereocenters. The number of non-ortho nitro benzene ring substituents is 1. The summed E-state index contributed by atoms with van der Waals surface area (Å²) in [6.07, 6.45) is 1.41. The molecule has 0 aliphatic carbocycles. The summed E-state index contributed by atoms with van der Waals surface area (Å²) >= 11 is 3.17. The van der Waals surface area contributed by atoms with Crippen LogP contribution >= 0.6 is 15.9 Å². The average molecular weight is 446 g/mol. The molecule has 1 N–H and O–H groups in total. The summed E-state index contributed by atoms with van der Waals surface area (Å²) in [6, 6.07) is 10.8. The third kappa shape index (κ3) is 5.08. The van der Waals surface area contributed by atoms with E-state index in [1.54, 1.807) is 18.2 Å². The quantitative estimate of drug-likeness (QED) is 0.293. The van der Waals surface area contributed by atoms with Gasteiger partial charge < -0.3 is 14.8 Å². The van der Waals surface area contributed by atoms with E-state index in [9.17, 15) is 20.2 Å². The molecule has 0 aliphatic rings. The van der Waals surface area contributed by atoms with Gasteiger partial charge in [0.15, 0.2) is 11.5 Å². The molecule has 1 amide bonds. The van der Waals surface area contributed by atoms with Crippen LogP contribution in [0.1, 0.15) is 12.5 Å². The van der Waals surface area contributed by atoms with Gasteiger partial charge in [0.1, 0.15) is 11.6 Å². The van der Waals surface area contributed by atoms with Crippen molar-refractivity contribution in [2.45, 2.75) is 6.92 Å². The minimum atomic E-state index is -0.648. The van der Waals surface area contributed by atoms with Crippen LogP contribution in [0.15, 0.2) is 46.4 Å². The molecule has 144 valence electrons. The lowest BCUT2D eigenvalue weighted by Crippen LogP contribution is -2.13. The smallest absolute Gasteiger partial charge is 0.270 e. The number of nitriles is 1. The molecular formula is C19H16BrN3O5. The van der Waals surface area contributed by atoms with E-state index in [2.05, 4.69) is 21.2 Å². The maximum Gasteiger partial charge on any atom is 0.270 e. The number of carbonyl (C=O) groups is 1. The second-order valence-corrected chi connectivity index (χ2v) is 6.24. The van der Waals surface area contributed by atoms with Crippen molar-refractivity contribution in [3.05, 3.63) is 62.1 Å². The fourth-order valence-corrected chi connectivity index (χ4v) is 2.74. The van der Waals surface area contributed by atoms with Crippen molar-refractivity contribution in [3.63, 3.8) is 0 Å². The fourth-order valence-electron chi connectivity index (χ4n) is 2.27. The molecule has 0 saturated heterocycles. The largest absolute Gasteiger partial charge is 0.493 e. The third-order valence-corrected chi connectivity index (χ3v) is 4.23. The molecule has 9 heteroatoms. The molecule has 2 aromatic rings. The predicted octanol–water partition coefficient (Wildman–Crippen LogP) is 4.31. The minimum Gasteiger partial charge on any atom is -0.493 e. The summed E-state index contributed by atoms with van der Waals surface area (Å²) < 4.78 is 11.0. The summed E-state index contributed by atoms with van der Waals surface area (Å²) in [7, 11) is 1.50. The molecule has 8 nitrogen and oxygen atoms in total. The number of halogens is 1. The van der Waals surface area contributed by atoms with E-state index < -0.39 is 10.8 Å². The van der Waals surface area contributed by atoms with Crippen LogP contribution in [-0.2, 0) is 4.79 Å². The second kappa shape index (κ2) is 9.53. The highest BCUT2D eigenvalue weighted by atomic mass is 79.9. The van der Waals surface area contributed by atoms with Gasteiger partial charge in [0.25, 0.3) is 11.6 Å². The van der Waals surface area contributed by atoms with Crippen molar-refractivity contribution in [1.29, 1.82) is 5.26 Å². The van der Waals surface area contributed by atoms with Crippen LogP contribution in [0.25, 0.3) is 6.08 Å². The summed E-state index contributed by atoms with van der Waals surface area (Å²) in [5, 5.41) is 22.7. The van der Waals surface area contributed by atoms with E-state index in [1.165, 1.54) is 31.4 Å². The van der Waals surface area contributed by atoms with E-state index in [1.807, 2.05) is 13.0 Å². The first-order chi connectivity index (χ1) is 13.4. The van der Waals surface area contributed by atoms with Gasteiger partial charge in [-0.15, -0.1) is 0 Å². The maximum absolute atomic E-state index is 12.4. The molecule has 0 unspecified atom stereocenters. The molecule has 2 aromatic carbocycles. The zero-order chi connectivity index (χ0) is 20.7. The topological polar surface area (TPSA) is 114 Å². The molecular weight excluding hydrogens is 430 g/mol. The van der Waals surface area contributed by atoms with Crippen LogP contribution in [0.4, 0.5) is 11.4 Å². The van der Waals surface area contributed by atoms with Crippen LogP contribution in [0, 0.1) is 21.4 Å². The van der Waals surface area contributed by atoms with Crippen LogP contribution in [-0.4, -0.2) is 24.5 Å². The second-order valence-electron chi connectivity index (χ2n) is 5.39. The van der Waals surface area contributed by atoms with Gasteiger partial charge in [-0.2, -0.15) is 5.26 Å². The lowest BCUT2D eigenvalue weighted by molar-refractivity contribution is -0.384. The van der Waals surface area contributed by atoms with E-state index in [0.717, 1.165) is 0 Å². The first kappa shape index (κ1) is 20.9. The number of nitrogens with zero attached hydrogens (tertiary/aromatic N) is 2. The van der Waals surface area contributed by atoms with Gasteiger partial charge in [-0.3, -0.25) is 14.9 Å². The Kier molecular flexibility index (Phi) is 7.12. The van der Waals surface area contributed by atoms with Crippen LogP contribution < -0.4 is 14.8 Å². The monoisotopic (exact) mass is 445 g/mol. The number of carbonyl (C=O) groups excluding carboxylic acids is 1. The Morgan fingerprint density at radius 2 is 2.07 bits per heavy atom. The van der Waals surface area contributed by atoms with Crippen molar-refractivity contribution in [2.24, 2.45) is 0 Å². The molecule has 0 bridgehead atoms. The number of ether oxygens (including phenoxy) is 2. The van der Waals surface area contributed by atoms with Crippen LogP contribution in [0.2, 0.25) is 0 Å². The highest BCUT2D eigenvalue weighted by molar-refractivity contribution is 9.10. The Hall–Kier alpha value is -3.38. The number of rotatable bonds is 7. The molecule has 0 saturated carbocycles. The first-order valence-electron chi connectivity index (χ1n) is 8.07. The molecule has 0 aromatic heterocycles. The molecule has 0 spiro atoms. The minimum absolute atomic E-state index is 0.123. The number of hydrogen-bond acceptors (Lipinski definition) is 6. The Bertz CT molecular complexity index is 982. The predicted molar refractivity (Wildman–Crippen MR) is 107 cm³/mol. The van der Waals surface area contributed by atoms with E-state index in [4.69, 9.17) is 9.47 Å². The Morgan fingerprint density at radius 3 is 2.64 bits per heavy atom. The molecule has 0 radical (unpaired) electrons. The highest BCUT2D eigenvalue weighted by Gasteiger charge is 2.15. The fraction of sp³-hybridized carbons (Fsp3) is 0.158. The van der Waals surface area contributed by atoms with E-state index in [0.29, 0.717) is 33.8 Å². The number of nitrogens with one attached hydrogen (secondary N) is 1. The van der Waals surface area contributed by atoms with E-state index >= 15 is 0 Å². The van der Waals surface area contributed by atoms with Crippen LogP contribution in [0.5, 0.6) is 11.5 Å². The van der Waals surface area contributed by atoms with Gasteiger partial charge in [-0.05, 0) is 52.7 Å². The summed E-state index contributed by atoms with van der Waals surface area (Å²) in [6.45, 7) is 2.32. The number of anilines is 1. The summed E-state index contributed by atoms with van der Waals surface area (Å²) in [5.74, 6) is 0.385. The van der Waals surface area contributed by atoms with Crippen molar-refractivity contribution in [1.82, 2.24) is 0 Å². The average Bonchev–Trinajstić information content (AvgIpc) is 2.68. The number of nitro groups is 1. The Morgan fingerprint density at radius 1 is 1.32 bits per heavy atom. The molecule has 0 heterocycles. The Labute approximate surface area is 169 Å². The SMILES string of the molecule is CCOc1ccc(/C=C(\C#N)C(=O)Nc2ccc([N+](=O)[O-])cc2Br)cc1OC. The van der Waals surface area contributed by atoms with Crippen molar-refractivity contribution in [3.8, 4) is 17.6 Å². The first-order valence-corrected chi connectivity index (χ1v) is 8.86. The standard InChI is InChI=1S/C19H16BrN3O5/c1-3-28-17-7-4-12(9-18(17)27-2)8-13(11-21)19(24)22-16-6-5-14(23(25)26)10-15(16)20/h4-10H,3H2,1-2H3,(H,22,24)/b13-8+. The maximum atomic E-state index is 12.4. The third-order valence-electron chi connectivity index (χ3n) is 3.58. The number of amides is 1. The molecule has 0 fully saturated rings. The molecule has 28 heavy (non-hydrogen) atoms. The van der Waals surface area contributed by atoms with Crippen molar-refractivity contribution < 1.29 is 19.2 Å². The lowest BCUT2D eigenvalue weighted by atomic mass is 10.1. The number of nitro benzene ring substituents is 1. The van der Waals surface area contributed by atoms with Gasteiger partial charge in [-0.25, -0.2) is 0 Å². The zero-order valence-electron chi connectivity index (χ0n) is 15.1. The Balaban J connectivity index is 2.26. The van der Waals surface area contributed by atoms with Crippen LogP contribution in [0.3, 0.4) is 0 Å². The van der Waals surface area contributed by atoms with Gasteiger partial charge in [-0.1, -0.05) is 6.07 Å². The van der Waals surface area contributed by atoms with Gasteiger partial charge in [0.05, 0.1) is 24.3 Å². The zero-order valence-corrected chi connectivity index (χ0v) is 16.6. The van der Waals surface area contributed by atoms with Gasteiger partial charge in [0.2, 0.25) is 0 Å². The van der Waals surface area contributed by atoms with Crippen molar-refractivity contribution >= 4 is 39.3 Å². The number of methoxy groups -OCH3 is 1. The van der Waals surface area contributed by atoms with Gasteiger partial charge in [0, 0.05) is 16.6 Å². The molecule has 2 rings (SSSR count). The summed E-state index contributed by atoms with van der Waals surface area (Å²) in [5.41, 5.74) is 0.620. The van der Waals surface area contributed by atoms with E-state index in [-0.39, 0.29) is 11.3 Å². The summed E-state index contributed by atoms with van der Waals surface area (Å²) in [4.78, 5) is 22.7. The lowest BCUT2D eigenvalue weighted by Gasteiger charge is -2.10. The normalized spacial score (nSPS) is 10.7. The number of hydrogen-bond donors (Lipinski definition) is 1. The van der Waals surface area contributed by atoms with Crippen molar-refractivity contribution in [2.75, 3.05) is 19.0 Å². The number of benzene rings is 2. The highest BCUT2D eigenvalue weighted by Crippen LogP contribution is 2.30.